The van der Waals surface area contributed by atoms with Crippen LogP contribution in [0.15, 0.2) is 66.9 Å². The molecule has 0 aliphatic rings. The third kappa shape index (κ3) is 6.00. The number of nitrogens with zero attached hydrogens (tertiary/aromatic N) is 2. The fourth-order valence-electron chi connectivity index (χ4n) is 4.22. The fraction of sp³-hybridized carbons (Fsp3) is 0.241. The number of fused-ring (bicyclic) bond motifs is 1. The van der Waals surface area contributed by atoms with Gasteiger partial charge in [0.15, 0.2) is 0 Å². The predicted octanol–water partition coefficient (Wildman–Crippen LogP) is 4.54. The van der Waals surface area contributed by atoms with Gasteiger partial charge in [0.05, 0.1) is 19.1 Å². The number of hydrogen-bond acceptors (Lipinski definition) is 6. The number of nitrogens with one attached hydrogen (secondary N) is 2. The van der Waals surface area contributed by atoms with Crippen molar-refractivity contribution in [2.24, 2.45) is 0 Å². The van der Waals surface area contributed by atoms with Gasteiger partial charge in [-0.3, -0.25) is 18.8 Å². The van der Waals surface area contributed by atoms with Crippen molar-refractivity contribution in [3.63, 3.8) is 0 Å². The van der Waals surface area contributed by atoms with Crippen molar-refractivity contribution >= 4 is 29.3 Å². The van der Waals surface area contributed by atoms with Crippen LogP contribution in [0.1, 0.15) is 46.4 Å². The Morgan fingerprint density at radius 3 is 2.47 bits per heavy atom. The second kappa shape index (κ2) is 11.6. The van der Waals surface area contributed by atoms with Crippen molar-refractivity contribution in [2.75, 3.05) is 18.5 Å². The van der Waals surface area contributed by atoms with Gasteiger partial charge in [-0.25, -0.2) is 4.98 Å². The first kappa shape index (κ1) is 26.4. The number of carboxylic acid groups (broad SMARTS) is 1. The Morgan fingerprint density at radius 2 is 1.79 bits per heavy atom. The zero-order valence-electron chi connectivity index (χ0n) is 21.5. The molecule has 0 saturated heterocycles. The van der Waals surface area contributed by atoms with Gasteiger partial charge < -0.3 is 20.5 Å². The summed E-state index contributed by atoms with van der Waals surface area (Å²) in [7, 11) is 0. The molecule has 196 valence electrons. The van der Waals surface area contributed by atoms with Crippen molar-refractivity contribution in [2.45, 2.75) is 33.2 Å². The molecule has 1 unspecified atom stereocenters. The molecular weight excluding hydrogens is 484 g/mol. The molecule has 2 aromatic heterocycles. The standard InChI is InChI=1S/C29H30N4O5/c1-4-38-26(36)17-30-28-27(22-8-6-5-7-19(22)3)32-24-15-21(13-14-33(24)28)29(37)31-23(16-25(34)35)20-11-9-18(2)10-12-20/h5-15,23,30H,4,16-17H2,1-3H3,(H,31,37)(H,34,35). The molecule has 0 bridgehead atoms. The number of aromatic nitrogens is 2. The number of aryl methyl sites for hydroxylation is 2. The molecule has 9 heteroatoms. The molecule has 0 fully saturated rings. The number of hydrogen-bond donors (Lipinski definition) is 3. The zero-order valence-corrected chi connectivity index (χ0v) is 21.5. The number of imidazole rings is 1. The summed E-state index contributed by atoms with van der Waals surface area (Å²) in [5, 5.41) is 15.4. The summed E-state index contributed by atoms with van der Waals surface area (Å²) in [5.74, 6) is -1.23. The predicted molar refractivity (Wildman–Crippen MR) is 144 cm³/mol. The van der Waals surface area contributed by atoms with Crippen molar-refractivity contribution < 1.29 is 24.2 Å². The lowest BCUT2D eigenvalue weighted by Crippen LogP contribution is -2.30. The van der Waals surface area contributed by atoms with E-state index in [9.17, 15) is 19.5 Å². The first-order chi connectivity index (χ1) is 18.3. The van der Waals surface area contributed by atoms with Crippen LogP contribution >= 0.6 is 0 Å². The largest absolute Gasteiger partial charge is 0.481 e. The number of amides is 1. The smallest absolute Gasteiger partial charge is 0.325 e. The van der Waals surface area contributed by atoms with Crippen molar-refractivity contribution in [3.8, 4) is 11.3 Å². The maximum atomic E-state index is 13.2. The maximum absolute atomic E-state index is 13.2. The highest BCUT2D eigenvalue weighted by Crippen LogP contribution is 2.31. The monoisotopic (exact) mass is 514 g/mol. The first-order valence-electron chi connectivity index (χ1n) is 12.3. The highest BCUT2D eigenvalue weighted by atomic mass is 16.5. The molecule has 0 saturated carbocycles. The summed E-state index contributed by atoms with van der Waals surface area (Å²) < 4.78 is 6.82. The van der Waals surface area contributed by atoms with Crippen LogP contribution in [-0.4, -0.2) is 45.5 Å². The third-order valence-corrected chi connectivity index (χ3v) is 6.16. The van der Waals surface area contributed by atoms with E-state index >= 15 is 0 Å². The molecule has 0 aliphatic carbocycles. The van der Waals surface area contributed by atoms with E-state index in [1.54, 1.807) is 29.7 Å². The third-order valence-electron chi connectivity index (χ3n) is 6.16. The molecule has 2 aromatic carbocycles. The average molecular weight is 515 g/mol. The number of carbonyl (C=O) groups excluding carboxylic acids is 2. The van der Waals surface area contributed by atoms with E-state index in [1.807, 2.05) is 62.4 Å². The highest BCUT2D eigenvalue weighted by Gasteiger charge is 2.21. The van der Waals surface area contributed by atoms with Gasteiger partial charge in [0, 0.05) is 17.3 Å². The Balaban J connectivity index is 1.68. The van der Waals surface area contributed by atoms with Crippen LogP contribution in [0.5, 0.6) is 0 Å². The summed E-state index contributed by atoms with van der Waals surface area (Å²) in [6.45, 7) is 5.89. The molecule has 0 radical (unpaired) electrons. The van der Waals surface area contributed by atoms with Crippen LogP contribution in [-0.2, 0) is 14.3 Å². The highest BCUT2D eigenvalue weighted by molar-refractivity contribution is 5.96. The van der Waals surface area contributed by atoms with Crippen LogP contribution < -0.4 is 10.6 Å². The van der Waals surface area contributed by atoms with E-state index in [1.165, 1.54) is 0 Å². The van der Waals surface area contributed by atoms with Crippen LogP contribution in [0.3, 0.4) is 0 Å². The van der Waals surface area contributed by atoms with Crippen LogP contribution in [0.4, 0.5) is 5.82 Å². The maximum Gasteiger partial charge on any atom is 0.325 e. The minimum Gasteiger partial charge on any atom is -0.481 e. The van der Waals surface area contributed by atoms with Gasteiger partial charge in [0.1, 0.15) is 23.7 Å². The number of esters is 1. The van der Waals surface area contributed by atoms with Crippen LogP contribution in [0, 0.1) is 13.8 Å². The Labute approximate surface area is 220 Å². The summed E-state index contributed by atoms with van der Waals surface area (Å²) >= 11 is 0. The molecule has 2 heterocycles. The number of anilines is 1. The number of carbonyl (C=O) groups is 3. The topological polar surface area (TPSA) is 122 Å². The van der Waals surface area contributed by atoms with E-state index in [0.29, 0.717) is 28.3 Å². The van der Waals surface area contributed by atoms with Crippen molar-refractivity contribution in [1.82, 2.24) is 14.7 Å². The van der Waals surface area contributed by atoms with Gasteiger partial charge >= 0.3 is 11.9 Å². The normalized spacial score (nSPS) is 11.7. The van der Waals surface area contributed by atoms with E-state index < -0.39 is 23.9 Å². The minimum absolute atomic E-state index is 0.0455. The minimum atomic E-state index is -1.01. The first-order valence-corrected chi connectivity index (χ1v) is 12.3. The van der Waals surface area contributed by atoms with Crippen molar-refractivity contribution in [1.29, 1.82) is 0 Å². The van der Waals surface area contributed by atoms with E-state index in [0.717, 1.165) is 16.7 Å². The number of carboxylic acids is 1. The summed E-state index contributed by atoms with van der Waals surface area (Å²) in [6.07, 6.45) is 1.45. The Kier molecular flexibility index (Phi) is 8.06. The quantitative estimate of drug-likeness (QED) is 0.266. The number of benzene rings is 2. The molecule has 4 rings (SSSR count). The zero-order chi connectivity index (χ0) is 27.2. The van der Waals surface area contributed by atoms with Crippen molar-refractivity contribution in [3.05, 3.63) is 89.1 Å². The number of aliphatic carboxylic acids is 1. The Morgan fingerprint density at radius 1 is 1.05 bits per heavy atom. The molecule has 0 spiro atoms. The Hall–Kier alpha value is -4.66. The molecule has 3 N–H and O–H groups in total. The van der Waals surface area contributed by atoms with Gasteiger partial charge in [-0.15, -0.1) is 0 Å². The van der Waals surface area contributed by atoms with Crippen LogP contribution in [0.25, 0.3) is 16.9 Å². The summed E-state index contributed by atoms with van der Waals surface area (Å²) in [6, 6.07) is 17.7. The molecule has 9 nitrogen and oxygen atoms in total. The van der Waals surface area contributed by atoms with Gasteiger partial charge in [-0.05, 0) is 44.0 Å². The van der Waals surface area contributed by atoms with E-state index in [2.05, 4.69) is 10.6 Å². The van der Waals surface area contributed by atoms with Gasteiger partial charge in [-0.2, -0.15) is 0 Å². The molecular formula is C29H30N4O5. The van der Waals surface area contributed by atoms with Gasteiger partial charge in [0.25, 0.3) is 5.91 Å². The summed E-state index contributed by atoms with van der Waals surface area (Å²) in [4.78, 5) is 41.5. The average Bonchev–Trinajstić information content (AvgIpc) is 3.25. The number of pyridine rings is 1. The van der Waals surface area contributed by atoms with E-state index in [4.69, 9.17) is 9.72 Å². The van der Waals surface area contributed by atoms with Gasteiger partial charge in [0.2, 0.25) is 0 Å². The molecule has 4 aromatic rings. The number of rotatable bonds is 10. The Bertz CT molecular complexity index is 1480. The fourth-order valence-corrected chi connectivity index (χ4v) is 4.22. The van der Waals surface area contributed by atoms with Gasteiger partial charge in [-0.1, -0.05) is 54.1 Å². The second-order valence-corrected chi connectivity index (χ2v) is 8.96. The molecule has 0 aliphatic heterocycles. The molecule has 1 atom stereocenters. The lowest BCUT2D eigenvalue weighted by Gasteiger charge is -2.18. The van der Waals surface area contributed by atoms with Crippen LogP contribution in [0.2, 0.25) is 0 Å². The molecule has 38 heavy (non-hydrogen) atoms. The van der Waals surface area contributed by atoms with E-state index in [-0.39, 0.29) is 19.6 Å². The number of ether oxygens (including phenoxy) is 1. The molecule has 1 amide bonds. The lowest BCUT2D eigenvalue weighted by atomic mass is 10.0. The summed E-state index contributed by atoms with van der Waals surface area (Å²) in [5.41, 5.74) is 5.09. The second-order valence-electron chi connectivity index (χ2n) is 8.96. The SMILES string of the molecule is CCOC(=O)CNc1c(-c2ccccc2C)nc2cc(C(=O)NC(CC(=O)O)c3ccc(C)cc3)ccn12. The lowest BCUT2D eigenvalue weighted by molar-refractivity contribution is -0.141.